The Labute approximate surface area is 151 Å². The summed E-state index contributed by atoms with van der Waals surface area (Å²) in [4.78, 5) is 17.1. The molecule has 0 saturated carbocycles. The van der Waals surface area contributed by atoms with Gasteiger partial charge in [-0.15, -0.1) is 21.5 Å². The van der Waals surface area contributed by atoms with Crippen molar-refractivity contribution in [3.05, 3.63) is 56.7 Å². The van der Waals surface area contributed by atoms with Crippen LogP contribution in [-0.2, 0) is 17.6 Å². The quantitative estimate of drug-likeness (QED) is 0.723. The number of halogens is 2. The molecule has 0 aliphatic carbocycles. The summed E-state index contributed by atoms with van der Waals surface area (Å²) in [5.74, 6) is 0.431. The van der Waals surface area contributed by atoms with Crippen molar-refractivity contribution in [3.63, 3.8) is 0 Å². The monoisotopic (exact) mass is 382 g/mol. The van der Waals surface area contributed by atoms with Crippen LogP contribution in [-0.4, -0.2) is 21.1 Å². The number of nitrogens with one attached hydrogen (secondary N) is 1. The summed E-state index contributed by atoms with van der Waals surface area (Å²) >= 11 is 13.5. The number of rotatable bonds is 5. The fourth-order valence-electron chi connectivity index (χ4n) is 2.02. The molecule has 0 radical (unpaired) electrons. The summed E-state index contributed by atoms with van der Waals surface area (Å²) in [6.45, 7) is 1.67. The minimum absolute atomic E-state index is 0.00980. The first-order chi connectivity index (χ1) is 11.5. The van der Waals surface area contributed by atoms with E-state index in [1.54, 1.807) is 25.3 Å². The van der Waals surface area contributed by atoms with Crippen LogP contribution in [0.4, 0.5) is 5.13 Å². The number of hydrogen-bond acceptors (Lipinski definition) is 6. The molecule has 24 heavy (non-hydrogen) atoms. The first-order valence-corrected chi connectivity index (χ1v) is 8.54. The van der Waals surface area contributed by atoms with E-state index in [4.69, 9.17) is 27.6 Å². The molecule has 1 aromatic carbocycles. The lowest BCUT2D eigenvalue weighted by Gasteiger charge is -2.02. The summed E-state index contributed by atoms with van der Waals surface area (Å²) < 4.78 is 5.17. The predicted octanol–water partition coefficient (Wildman–Crippen LogP) is 3.91. The van der Waals surface area contributed by atoms with E-state index in [1.165, 1.54) is 11.3 Å². The number of thiazole rings is 1. The van der Waals surface area contributed by atoms with Crippen LogP contribution in [0.5, 0.6) is 0 Å². The Kier molecular flexibility index (Phi) is 5.13. The number of benzene rings is 1. The topological polar surface area (TPSA) is 80.9 Å². The van der Waals surface area contributed by atoms with Crippen molar-refractivity contribution in [2.75, 3.05) is 5.32 Å². The van der Waals surface area contributed by atoms with E-state index < -0.39 is 0 Å². The maximum absolute atomic E-state index is 11.9. The molecule has 124 valence electrons. The molecular formula is C15H12Cl2N4O2S. The van der Waals surface area contributed by atoms with Gasteiger partial charge >= 0.3 is 0 Å². The van der Waals surface area contributed by atoms with Gasteiger partial charge in [-0.25, -0.2) is 4.98 Å². The zero-order chi connectivity index (χ0) is 17.1. The second-order valence-electron chi connectivity index (χ2n) is 4.98. The van der Waals surface area contributed by atoms with Crippen LogP contribution in [0, 0.1) is 6.92 Å². The lowest BCUT2D eigenvalue weighted by molar-refractivity contribution is -0.115. The van der Waals surface area contributed by atoms with Crippen molar-refractivity contribution in [2.24, 2.45) is 0 Å². The van der Waals surface area contributed by atoms with Crippen LogP contribution in [0.1, 0.15) is 22.2 Å². The zero-order valence-electron chi connectivity index (χ0n) is 12.5. The van der Waals surface area contributed by atoms with Crippen LogP contribution < -0.4 is 5.32 Å². The molecule has 0 saturated heterocycles. The second-order valence-corrected chi connectivity index (χ2v) is 6.94. The fourth-order valence-corrected chi connectivity index (χ4v) is 3.25. The SMILES string of the molecule is Cc1nnc(CC(=O)Nc2ncc(Cc3cc(Cl)ccc3Cl)s2)o1. The molecule has 0 fully saturated rings. The molecule has 0 aliphatic heterocycles. The molecule has 0 aliphatic rings. The molecule has 3 aromatic rings. The third-order valence-electron chi connectivity index (χ3n) is 3.05. The molecule has 2 heterocycles. The molecule has 1 N–H and O–H groups in total. The van der Waals surface area contributed by atoms with Gasteiger partial charge in [-0.1, -0.05) is 23.2 Å². The highest BCUT2D eigenvalue weighted by Gasteiger charge is 2.12. The van der Waals surface area contributed by atoms with Crippen LogP contribution in [0.2, 0.25) is 10.0 Å². The van der Waals surface area contributed by atoms with E-state index in [2.05, 4.69) is 20.5 Å². The number of hydrogen-bond donors (Lipinski definition) is 1. The normalized spacial score (nSPS) is 10.8. The third-order valence-corrected chi connectivity index (χ3v) is 4.57. The largest absolute Gasteiger partial charge is 0.425 e. The number of amides is 1. The zero-order valence-corrected chi connectivity index (χ0v) is 14.9. The third kappa shape index (κ3) is 4.31. The predicted molar refractivity (Wildman–Crippen MR) is 92.8 cm³/mol. The highest BCUT2D eigenvalue weighted by Crippen LogP contribution is 2.27. The van der Waals surface area contributed by atoms with Crippen LogP contribution in [0.3, 0.4) is 0 Å². The van der Waals surface area contributed by atoms with E-state index in [9.17, 15) is 4.79 Å². The van der Waals surface area contributed by atoms with Gasteiger partial charge in [0.1, 0.15) is 6.42 Å². The number of nitrogens with zero attached hydrogens (tertiary/aromatic N) is 3. The number of carbonyl (C=O) groups excluding carboxylic acids is 1. The van der Waals surface area contributed by atoms with Crippen molar-refractivity contribution < 1.29 is 9.21 Å². The van der Waals surface area contributed by atoms with E-state index in [-0.39, 0.29) is 18.2 Å². The molecule has 0 bridgehead atoms. The summed E-state index contributed by atoms with van der Waals surface area (Å²) in [6.07, 6.45) is 2.31. The molecule has 3 rings (SSSR count). The van der Waals surface area contributed by atoms with Gasteiger partial charge in [0.15, 0.2) is 5.13 Å². The molecule has 0 spiro atoms. The number of carbonyl (C=O) groups is 1. The Morgan fingerprint density at radius 3 is 2.92 bits per heavy atom. The van der Waals surface area contributed by atoms with Crippen LogP contribution in [0.25, 0.3) is 0 Å². The maximum Gasteiger partial charge on any atom is 0.235 e. The molecule has 2 aromatic heterocycles. The highest BCUT2D eigenvalue weighted by atomic mass is 35.5. The standard InChI is InChI=1S/C15H12Cl2N4O2S/c1-8-20-21-14(23-8)6-13(22)19-15-18-7-11(24-15)5-9-4-10(16)2-3-12(9)17/h2-4,7H,5-6H2,1H3,(H,18,19,22). The molecule has 6 nitrogen and oxygen atoms in total. The van der Waals surface area contributed by atoms with Crippen molar-refractivity contribution in [2.45, 2.75) is 19.8 Å². The smallest absolute Gasteiger partial charge is 0.235 e. The van der Waals surface area contributed by atoms with Crippen LogP contribution >= 0.6 is 34.5 Å². The molecule has 9 heteroatoms. The summed E-state index contributed by atoms with van der Waals surface area (Å²) in [7, 11) is 0. The highest BCUT2D eigenvalue weighted by molar-refractivity contribution is 7.15. The first-order valence-electron chi connectivity index (χ1n) is 6.97. The fraction of sp³-hybridized carbons (Fsp3) is 0.200. The summed E-state index contributed by atoms with van der Waals surface area (Å²) in [5.41, 5.74) is 0.909. The Hall–Kier alpha value is -1.96. The van der Waals surface area contributed by atoms with E-state index >= 15 is 0 Å². The van der Waals surface area contributed by atoms with Crippen molar-refractivity contribution >= 4 is 45.6 Å². The molecule has 0 atom stereocenters. The Balaban J connectivity index is 1.63. The average molecular weight is 383 g/mol. The van der Waals surface area contributed by atoms with Crippen molar-refractivity contribution in [1.29, 1.82) is 0 Å². The minimum atomic E-state index is -0.264. The van der Waals surface area contributed by atoms with Gasteiger partial charge < -0.3 is 9.73 Å². The first kappa shape index (κ1) is 16.9. The molecule has 0 unspecified atom stereocenters. The average Bonchev–Trinajstić information content (AvgIpc) is 3.12. The molecule has 1 amide bonds. The van der Waals surface area contributed by atoms with E-state index in [1.807, 2.05) is 6.07 Å². The Morgan fingerprint density at radius 2 is 2.17 bits per heavy atom. The summed E-state index contributed by atoms with van der Waals surface area (Å²) in [6, 6.07) is 5.32. The number of aryl methyl sites for hydroxylation is 1. The lowest BCUT2D eigenvalue weighted by Crippen LogP contribution is -2.14. The number of aromatic nitrogens is 3. The second kappa shape index (κ2) is 7.29. The Bertz CT molecular complexity index is 878. The lowest BCUT2D eigenvalue weighted by atomic mass is 10.1. The summed E-state index contributed by atoms with van der Waals surface area (Å²) in [5, 5.41) is 12.0. The maximum atomic E-state index is 11.9. The van der Waals surface area contributed by atoms with Crippen molar-refractivity contribution in [3.8, 4) is 0 Å². The number of anilines is 1. The van der Waals surface area contributed by atoms with Crippen molar-refractivity contribution in [1.82, 2.24) is 15.2 Å². The minimum Gasteiger partial charge on any atom is -0.425 e. The van der Waals surface area contributed by atoms with E-state index in [0.717, 1.165) is 10.4 Å². The van der Waals surface area contributed by atoms with Gasteiger partial charge in [0.05, 0.1) is 0 Å². The Morgan fingerprint density at radius 1 is 1.33 bits per heavy atom. The van der Waals surface area contributed by atoms with Gasteiger partial charge in [-0.2, -0.15) is 0 Å². The van der Waals surface area contributed by atoms with E-state index in [0.29, 0.717) is 27.5 Å². The van der Waals surface area contributed by atoms with Gasteiger partial charge in [-0.05, 0) is 23.8 Å². The van der Waals surface area contributed by atoms with Gasteiger partial charge in [-0.3, -0.25) is 4.79 Å². The van der Waals surface area contributed by atoms with Gasteiger partial charge in [0.2, 0.25) is 17.7 Å². The molecular weight excluding hydrogens is 371 g/mol. The van der Waals surface area contributed by atoms with Crippen LogP contribution in [0.15, 0.2) is 28.8 Å². The van der Waals surface area contributed by atoms with Gasteiger partial charge in [0.25, 0.3) is 0 Å². The van der Waals surface area contributed by atoms with Gasteiger partial charge in [0, 0.05) is 34.5 Å².